The van der Waals surface area contributed by atoms with Gasteiger partial charge in [-0.05, 0) is 27.7 Å². The topological polar surface area (TPSA) is 6.48 Å². The van der Waals surface area contributed by atoms with Crippen LogP contribution in [0, 0.1) is 0 Å². The molecular formula is C10H20MoN2S6. The first-order chi connectivity index (χ1) is 8.85. The molecule has 0 heterocycles. The Morgan fingerprint density at radius 1 is 0.789 bits per heavy atom. The molecule has 0 saturated heterocycles. The molecule has 0 bridgehead atoms. The Bertz CT molecular complexity index is 251. The Balaban J connectivity index is -0.000000224. The first-order valence-corrected chi connectivity index (χ1v) is 12.9. The summed E-state index contributed by atoms with van der Waals surface area (Å²) in [6.45, 7) is 11.9. The molecule has 0 aromatic rings. The zero-order valence-electron chi connectivity index (χ0n) is 11.6. The van der Waals surface area contributed by atoms with Crippen molar-refractivity contribution >= 4 is 78.0 Å². The molecule has 0 aromatic heterocycles. The van der Waals surface area contributed by atoms with E-state index in [9.17, 15) is 0 Å². The van der Waals surface area contributed by atoms with Crippen molar-refractivity contribution in [3.63, 3.8) is 0 Å². The molecule has 112 valence electrons. The molecular weight excluding hydrogens is 436 g/mol. The molecule has 0 amide bonds. The molecule has 0 saturated carbocycles. The van der Waals surface area contributed by atoms with E-state index in [1.54, 1.807) is 0 Å². The van der Waals surface area contributed by atoms with Crippen molar-refractivity contribution in [2.24, 2.45) is 0 Å². The first kappa shape index (κ1) is 25.3. The predicted molar refractivity (Wildman–Crippen MR) is 101 cm³/mol. The Morgan fingerprint density at radius 2 is 0.947 bits per heavy atom. The van der Waals surface area contributed by atoms with E-state index in [2.05, 4.69) is 19.6 Å². The van der Waals surface area contributed by atoms with Crippen molar-refractivity contribution < 1.29 is 14.9 Å². The van der Waals surface area contributed by atoms with E-state index in [0.29, 0.717) is 8.64 Å². The molecule has 0 unspecified atom stereocenters. The van der Waals surface area contributed by atoms with Crippen molar-refractivity contribution in [2.45, 2.75) is 27.7 Å². The molecule has 0 aliphatic carbocycles. The fourth-order valence-corrected chi connectivity index (χ4v) is 2.00. The molecule has 0 aliphatic rings. The zero-order valence-corrected chi connectivity index (χ0v) is 18.5. The number of nitrogens with zero attached hydrogens (tertiary/aromatic N) is 2. The Hall–Kier alpha value is 1.35. The van der Waals surface area contributed by atoms with Crippen LogP contribution in [0.4, 0.5) is 0 Å². The molecule has 0 rings (SSSR count). The van der Waals surface area contributed by atoms with E-state index in [1.165, 1.54) is 0 Å². The van der Waals surface area contributed by atoms with Gasteiger partial charge in [0.05, 0.1) is 0 Å². The number of hydrogen-bond donors (Lipinski definition) is 0. The van der Waals surface area contributed by atoms with Crippen molar-refractivity contribution in [1.29, 1.82) is 0 Å². The van der Waals surface area contributed by atoms with Gasteiger partial charge in [0.1, 0.15) is 0 Å². The summed E-state index contributed by atoms with van der Waals surface area (Å²) in [5, 5.41) is 0. The van der Waals surface area contributed by atoms with Gasteiger partial charge in [0, 0.05) is 26.2 Å². The van der Waals surface area contributed by atoms with Crippen LogP contribution in [0.25, 0.3) is 0 Å². The van der Waals surface area contributed by atoms with Crippen molar-refractivity contribution in [3.8, 4) is 0 Å². The van der Waals surface area contributed by atoms with Crippen LogP contribution in [0.2, 0.25) is 0 Å². The third-order valence-corrected chi connectivity index (χ3v) is 3.08. The second kappa shape index (κ2) is 19.3. The summed E-state index contributed by atoms with van der Waals surface area (Å²) in [6, 6.07) is 0. The van der Waals surface area contributed by atoms with E-state index in [0.717, 1.165) is 26.2 Å². The first-order valence-electron chi connectivity index (χ1n) is 5.69. The van der Waals surface area contributed by atoms with Gasteiger partial charge in [0.2, 0.25) is 0 Å². The number of hydrogen-bond acceptors (Lipinski definition) is 6. The fraction of sp³-hybridized carbons (Fsp3) is 0.800. The quantitative estimate of drug-likeness (QED) is 0.355. The normalized spacial score (nSPS) is 7.79. The van der Waals surface area contributed by atoms with Crippen LogP contribution < -0.4 is 0 Å². The van der Waals surface area contributed by atoms with Crippen LogP contribution in [0.1, 0.15) is 27.7 Å². The van der Waals surface area contributed by atoms with E-state index >= 15 is 0 Å². The molecule has 0 spiro atoms. The predicted octanol–water partition coefficient (Wildman–Crippen LogP) is 3.61. The van der Waals surface area contributed by atoms with Gasteiger partial charge in [-0.25, -0.2) is 0 Å². The van der Waals surface area contributed by atoms with Gasteiger partial charge in [-0.2, -0.15) is 0 Å². The Labute approximate surface area is 155 Å². The zero-order chi connectivity index (χ0) is 15.8. The van der Waals surface area contributed by atoms with Crippen LogP contribution in [0.3, 0.4) is 0 Å². The van der Waals surface area contributed by atoms with Crippen molar-refractivity contribution in [3.05, 3.63) is 0 Å². The van der Waals surface area contributed by atoms with Crippen LogP contribution in [-0.4, -0.2) is 44.6 Å². The summed E-state index contributed by atoms with van der Waals surface area (Å²) >= 11 is 18.7. The summed E-state index contributed by atoms with van der Waals surface area (Å²) in [7, 11) is 8.68. The monoisotopic (exact) mass is 458 g/mol. The summed E-state index contributed by atoms with van der Waals surface area (Å²) in [6.07, 6.45) is 0. The standard InChI is InChI=1S/2C5H11NS2.Mo.2S/c2*1-3-6(4-2)5(7)8;;;/h2*3-4H2,1-2H3,(H,7,8);;;/q;;+2;;/p-2. The molecule has 19 heavy (non-hydrogen) atoms. The molecule has 9 heteroatoms. The number of thiocarbonyl (C=S) groups is 2. The van der Waals surface area contributed by atoms with E-state index < -0.39 is 0 Å². The fourth-order valence-electron chi connectivity index (χ4n) is 0.964. The maximum atomic E-state index is 4.76. The molecule has 2 nitrogen and oxygen atoms in total. The SMILES string of the molecule is CCN(CC)C(=S)[S-].CCN(CC)C(=S)[S-].[S]=[Mo+2]=[S]. The molecule has 0 atom stereocenters. The van der Waals surface area contributed by atoms with E-state index in [4.69, 9.17) is 49.7 Å². The molecule has 0 aliphatic heterocycles. The van der Waals surface area contributed by atoms with Crippen LogP contribution in [-0.2, 0) is 40.2 Å². The average Bonchev–Trinajstić information content (AvgIpc) is 2.33. The van der Waals surface area contributed by atoms with E-state index in [1.807, 2.05) is 37.5 Å². The van der Waals surface area contributed by atoms with Gasteiger partial charge in [0.25, 0.3) is 0 Å². The molecule has 0 N–H and O–H groups in total. The van der Waals surface area contributed by atoms with Gasteiger partial charge in [0.15, 0.2) is 0 Å². The van der Waals surface area contributed by atoms with Gasteiger partial charge in [-0.15, -0.1) is 0 Å². The molecule has 0 radical (unpaired) electrons. The van der Waals surface area contributed by atoms with Gasteiger partial charge >= 0.3 is 34.6 Å². The summed E-state index contributed by atoms with van der Waals surface area (Å²) < 4.78 is 1.16. The summed E-state index contributed by atoms with van der Waals surface area (Å²) in [5.41, 5.74) is 0. The van der Waals surface area contributed by atoms with E-state index in [-0.39, 0.29) is 14.9 Å². The minimum absolute atomic E-state index is 0.363. The maximum absolute atomic E-state index is 4.76. The summed E-state index contributed by atoms with van der Waals surface area (Å²) in [5.74, 6) is 0. The Kier molecular flexibility index (Phi) is 25.8. The second-order valence-corrected chi connectivity index (χ2v) is 8.56. The molecule has 0 aromatic carbocycles. The third kappa shape index (κ3) is 19.3. The third-order valence-electron chi connectivity index (χ3n) is 2.04. The number of rotatable bonds is 4. The summed E-state index contributed by atoms with van der Waals surface area (Å²) in [4.78, 5) is 3.93. The molecule has 0 fully saturated rings. The van der Waals surface area contributed by atoms with Crippen molar-refractivity contribution in [1.82, 2.24) is 9.80 Å². The van der Waals surface area contributed by atoms with Gasteiger partial charge in [-0.1, -0.05) is 8.64 Å². The average molecular weight is 457 g/mol. The second-order valence-electron chi connectivity index (χ2n) is 2.94. The van der Waals surface area contributed by atoms with Crippen LogP contribution in [0.15, 0.2) is 0 Å². The van der Waals surface area contributed by atoms with Crippen LogP contribution in [0.5, 0.6) is 0 Å². The Morgan fingerprint density at radius 3 is 0.947 bits per heavy atom. The van der Waals surface area contributed by atoms with Gasteiger partial charge in [-0.3, -0.25) is 0 Å². The van der Waals surface area contributed by atoms with Crippen molar-refractivity contribution in [2.75, 3.05) is 26.2 Å². The van der Waals surface area contributed by atoms with Crippen LogP contribution >= 0.6 is 44.1 Å². The van der Waals surface area contributed by atoms with Gasteiger partial charge < -0.3 is 59.5 Å². The minimum atomic E-state index is -0.363.